The first-order chi connectivity index (χ1) is 6.81. The summed E-state index contributed by atoms with van der Waals surface area (Å²) in [6.45, 7) is 0. The van der Waals surface area contributed by atoms with E-state index < -0.39 is 0 Å². The molecule has 82 valence electrons. The molecule has 3 nitrogen and oxygen atoms in total. The first-order valence-electron chi connectivity index (χ1n) is 4.20. The molecule has 0 bridgehead atoms. The van der Waals surface area contributed by atoms with E-state index in [4.69, 9.17) is 10.00 Å². The number of thioether (sulfide) groups is 1. The lowest BCUT2D eigenvalue weighted by molar-refractivity contribution is 0.414. The Morgan fingerprint density at radius 2 is 2.07 bits per heavy atom. The molecule has 2 atom stereocenters. The van der Waals surface area contributed by atoms with Gasteiger partial charge in [0.25, 0.3) is 0 Å². The van der Waals surface area contributed by atoms with E-state index in [-0.39, 0.29) is 10.7 Å². The third-order valence-corrected chi connectivity index (χ3v) is 3.56. The van der Waals surface area contributed by atoms with Crippen molar-refractivity contribution in [2.24, 2.45) is 0 Å². The van der Waals surface area contributed by atoms with E-state index in [1.807, 2.05) is 24.3 Å². The molecule has 5 heteroatoms. The number of hydrogen-bond acceptors (Lipinski definition) is 3. The van der Waals surface area contributed by atoms with E-state index in [1.165, 1.54) is 11.8 Å². The highest BCUT2D eigenvalue weighted by atomic mass is 32.2. The lowest BCUT2D eigenvalue weighted by atomic mass is 10.1. The van der Waals surface area contributed by atoms with E-state index in [0.717, 1.165) is 17.5 Å². The summed E-state index contributed by atoms with van der Waals surface area (Å²) in [5.41, 5.74) is 1.16. The molecule has 0 amide bonds. The summed E-state index contributed by atoms with van der Waals surface area (Å²) < 4.78 is 5.07. The van der Waals surface area contributed by atoms with E-state index >= 15 is 0 Å². The molecule has 1 aromatic carbocycles. The lowest BCUT2D eigenvalue weighted by Gasteiger charge is -2.10. The molecule has 1 aromatic rings. The molecule has 0 aliphatic heterocycles. The average Bonchev–Trinajstić information content (AvgIpc) is 2.26. The predicted molar refractivity (Wildman–Crippen MR) is 67.1 cm³/mol. The molecular weight excluding hydrogens is 229 g/mol. The first-order valence-corrected chi connectivity index (χ1v) is 5.90. The Morgan fingerprint density at radius 3 is 2.47 bits per heavy atom. The van der Waals surface area contributed by atoms with Gasteiger partial charge in [-0.2, -0.15) is 5.26 Å². The highest BCUT2D eigenvalue weighted by Crippen LogP contribution is 2.30. The fraction of sp³-hybridized carbons (Fsp3) is 0.300. The van der Waals surface area contributed by atoms with Crippen molar-refractivity contribution in [3.63, 3.8) is 0 Å². The van der Waals surface area contributed by atoms with Gasteiger partial charge < -0.3 is 10.2 Å². The van der Waals surface area contributed by atoms with E-state index in [2.05, 4.69) is 14.6 Å². The topological polar surface area (TPSA) is 64.5 Å². The fourth-order valence-corrected chi connectivity index (χ4v) is 2.21. The van der Waals surface area contributed by atoms with Crippen LogP contribution in [0.5, 0.6) is 5.75 Å². The smallest absolute Gasteiger partial charge is 0.133 e. The van der Waals surface area contributed by atoms with Gasteiger partial charge in [0.05, 0.1) is 7.11 Å². The van der Waals surface area contributed by atoms with Crippen LogP contribution in [0.1, 0.15) is 10.8 Å². The van der Waals surface area contributed by atoms with Crippen molar-refractivity contribution in [2.75, 3.05) is 13.3 Å². The zero-order chi connectivity index (χ0) is 10.4. The Kier molecular flexibility index (Phi) is 7.15. The molecule has 2 N–H and O–H groups in total. The van der Waals surface area contributed by atoms with Crippen LogP contribution in [0.3, 0.4) is 0 Å². The van der Waals surface area contributed by atoms with Crippen molar-refractivity contribution in [1.82, 2.24) is 0 Å². The first kappa shape index (κ1) is 14.2. The van der Waals surface area contributed by atoms with Crippen LogP contribution >= 0.6 is 21.0 Å². The zero-order valence-electron chi connectivity index (χ0n) is 8.43. The summed E-state index contributed by atoms with van der Waals surface area (Å²) >= 11 is 1.29. The Bertz CT molecular complexity index is 323. The molecule has 0 saturated heterocycles. The fourth-order valence-electron chi connectivity index (χ4n) is 1.13. The molecule has 0 spiro atoms. The molecule has 1 rings (SSSR count). The number of methoxy groups -OCH3 is 1. The normalized spacial score (nSPS) is 11.0. The van der Waals surface area contributed by atoms with Crippen molar-refractivity contribution in [3.05, 3.63) is 29.8 Å². The molecule has 0 aliphatic rings. The van der Waals surface area contributed by atoms with Crippen LogP contribution in [-0.2, 0) is 0 Å². The molecule has 2 unspecified atom stereocenters. The SMILES string of the molecule is COc1ccc(C(CP)SC#N)cc1.O. The highest BCUT2D eigenvalue weighted by Gasteiger charge is 2.09. The Balaban J connectivity index is 0.00000196. The molecule has 0 saturated carbocycles. The van der Waals surface area contributed by atoms with Gasteiger partial charge in [-0.15, -0.1) is 9.24 Å². The van der Waals surface area contributed by atoms with Crippen LogP contribution in [0.2, 0.25) is 0 Å². The molecule has 0 aromatic heterocycles. The number of ether oxygens (including phenoxy) is 1. The van der Waals surface area contributed by atoms with Gasteiger partial charge in [-0.05, 0) is 35.6 Å². The van der Waals surface area contributed by atoms with E-state index in [0.29, 0.717) is 0 Å². The minimum atomic E-state index is 0. The maximum absolute atomic E-state index is 8.61. The number of thiocyanates is 1. The second kappa shape index (κ2) is 7.53. The van der Waals surface area contributed by atoms with Gasteiger partial charge in [0.2, 0.25) is 0 Å². The molecule has 0 radical (unpaired) electrons. The summed E-state index contributed by atoms with van der Waals surface area (Å²) in [4.78, 5) is 0. The number of benzene rings is 1. The third kappa shape index (κ3) is 4.09. The van der Waals surface area contributed by atoms with E-state index in [1.54, 1.807) is 7.11 Å². The van der Waals surface area contributed by atoms with Crippen molar-refractivity contribution in [2.45, 2.75) is 5.25 Å². The van der Waals surface area contributed by atoms with Gasteiger partial charge in [0.15, 0.2) is 0 Å². The lowest BCUT2D eigenvalue weighted by Crippen LogP contribution is -1.94. The van der Waals surface area contributed by atoms with Gasteiger partial charge in [-0.3, -0.25) is 0 Å². The zero-order valence-corrected chi connectivity index (χ0v) is 10.4. The molecule has 15 heavy (non-hydrogen) atoms. The number of nitrogens with zero attached hydrogens (tertiary/aromatic N) is 1. The van der Waals surface area contributed by atoms with Crippen LogP contribution in [-0.4, -0.2) is 18.7 Å². The van der Waals surface area contributed by atoms with Gasteiger partial charge in [-0.1, -0.05) is 12.1 Å². The largest absolute Gasteiger partial charge is 0.497 e. The van der Waals surface area contributed by atoms with Gasteiger partial charge in [0, 0.05) is 5.25 Å². The maximum atomic E-state index is 8.61. The van der Waals surface area contributed by atoms with Crippen molar-refractivity contribution >= 4 is 21.0 Å². The Morgan fingerprint density at radius 1 is 1.47 bits per heavy atom. The highest BCUT2D eigenvalue weighted by molar-refractivity contribution is 8.04. The van der Waals surface area contributed by atoms with Gasteiger partial charge >= 0.3 is 0 Å². The molecule has 0 aliphatic carbocycles. The Labute approximate surface area is 96.3 Å². The van der Waals surface area contributed by atoms with Crippen LogP contribution in [0.25, 0.3) is 0 Å². The van der Waals surface area contributed by atoms with Gasteiger partial charge in [0.1, 0.15) is 11.2 Å². The van der Waals surface area contributed by atoms with Crippen LogP contribution in [0, 0.1) is 10.7 Å². The van der Waals surface area contributed by atoms with Gasteiger partial charge in [-0.25, -0.2) is 0 Å². The Hall–Kier alpha value is -0.750. The van der Waals surface area contributed by atoms with Crippen molar-refractivity contribution < 1.29 is 10.2 Å². The quantitative estimate of drug-likeness (QED) is 0.600. The maximum Gasteiger partial charge on any atom is 0.133 e. The van der Waals surface area contributed by atoms with Crippen LogP contribution < -0.4 is 4.74 Å². The monoisotopic (exact) mass is 243 g/mol. The van der Waals surface area contributed by atoms with Crippen molar-refractivity contribution in [1.29, 1.82) is 5.26 Å². The predicted octanol–water partition coefficient (Wildman–Crippen LogP) is 2.00. The number of nitriles is 1. The number of hydrogen-bond donors (Lipinski definition) is 0. The van der Waals surface area contributed by atoms with Crippen LogP contribution in [0.15, 0.2) is 24.3 Å². The third-order valence-electron chi connectivity index (χ3n) is 1.90. The summed E-state index contributed by atoms with van der Waals surface area (Å²) in [7, 11) is 4.31. The second-order valence-corrected chi connectivity index (χ2v) is 4.17. The van der Waals surface area contributed by atoms with Crippen LogP contribution in [0.4, 0.5) is 0 Å². The molecule has 0 fully saturated rings. The standard InChI is InChI=1S/C10H12NOPS.H2O/c1-12-9-4-2-8(3-5-9)10(6-13)14-7-11;/h2-5,10H,6,13H2,1H3;1H2. The molecular formula is C10H14NO2PS. The summed E-state index contributed by atoms with van der Waals surface area (Å²) in [6.07, 6.45) is 0.880. The minimum absolute atomic E-state index is 0. The average molecular weight is 243 g/mol. The second-order valence-electron chi connectivity index (χ2n) is 2.71. The summed E-state index contributed by atoms with van der Waals surface area (Å²) in [6, 6.07) is 7.83. The number of rotatable bonds is 4. The van der Waals surface area contributed by atoms with E-state index in [9.17, 15) is 0 Å². The minimum Gasteiger partial charge on any atom is -0.497 e. The summed E-state index contributed by atoms with van der Waals surface area (Å²) in [5.74, 6) is 0.846. The molecule has 0 heterocycles. The van der Waals surface area contributed by atoms with Crippen molar-refractivity contribution in [3.8, 4) is 11.2 Å². The summed E-state index contributed by atoms with van der Waals surface area (Å²) in [5, 5.41) is 11.0.